The predicted molar refractivity (Wildman–Crippen MR) is 210 cm³/mol. The molecule has 55 heavy (non-hydrogen) atoms. The zero-order valence-corrected chi connectivity index (χ0v) is 30.3. The number of aromatic amines is 1. The number of nitrogens with one attached hydrogen (secondary N) is 6. The van der Waals surface area contributed by atoms with Gasteiger partial charge in [0.15, 0.2) is 11.9 Å². The van der Waals surface area contributed by atoms with Crippen molar-refractivity contribution in [1.29, 1.82) is 0 Å². The van der Waals surface area contributed by atoms with Crippen molar-refractivity contribution in [1.82, 2.24) is 31.6 Å². The Kier molecular flexibility index (Phi) is 13.6. The SMILES string of the molecule is NC(N)=NCCC[C@@H]1NC(=O)[C@@H](CCCN=C(N)N)NC(=O)[C@@H](Cc2c[nH]c3ccccc23)NC(=O)CNC(=O)[C@H](Cc2ccc3ccccc3c2)NC1=O. The summed E-state index contributed by atoms with van der Waals surface area (Å²) in [5, 5.41) is 16.5. The van der Waals surface area contributed by atoms with Crippen molar-refractivity contribution >= 4 is 63.1 Å². The number of guanidine groups is 2. The van der Waals surface area contributed by atoms with Crippen LogP contribution >= 0.6 is 0 Å². The molecule has 0 unspecified atom stereocenters. The number of fused-ring (bicyclic) bond motifs is 2. The van der Waals surface area contributed by atoms with Crippen LogP contribution in [0.25, 0.3) is 21.7 Å². The summed E-state index contributed by atoms with van der Waals surface area (Å²) in [6.07, 6.45) is 2.67. The number of nitrogens with two attached hydrogens (primary N) is 4. The van der Waals surface area contributed by atoms with Crippen molar-refractivity contribution < 1.29 is 24.0 Å². The molecule has 17 nitrogen and oxygen atoms in total. The van der Waals surface area contributed by atoms with Crippen molar-refractivity contribution in [3.63, 3.8) is 0 Å². The molecule has 4 atom stereocenters. The third kappa shape index (κ3) is 11.4. The molecule has 0 bridgehead atoms. The number of hydrogen-bond donors (Lipinski definition) is 10. The van der Waals surface area contributed by atoms with Gasteiger partial charge in [0, 0.05) is 43.0 Å². The Morgan fingerprint density at radius 3 is 1.84 bits per heavy atom. The zero-order valence-electron chi connectivity index (χ0n) is 30.3. The largest absolute Gasteiger partial charge is 0.370 e. The highest BCUT2D eigenvalue weighted by molar-refractivity contribution is 5.97. The van der Waals surface area contributed by atoms with Gasteiger partial charge in [0.1, 0.15) is 24.2 Å². The summed E-state index contributed by atoms with van der Waals surface area (Å²) in [5.41, 5.74) is 24.3. The van der Waals surface area contributed by atoms with Crippen LogP contribution in [-0.2, 0) is 36.8 Å². The molecule has 2 heterocycles. The van der Waals surface area contributed by atoms with Crippen LogP contribution in [0.3, 0.4) is 0 Å². The molecule has 4 aromatic rings. The van der Waals surface area contributed by atoms with Crippen LogP contribution < -0.4 is 49.5 Å². The van der Waals surface area contributed by atoms with Crippen molar-refractivity contribution in [3.8, 4) is 0 Å². The Hall–Kier alpha value is -6.65. The van der Waals surface area contributed by atoms with Gasteiger partial charge >= 0.3 is 0 Å². The van der Waals surface area contributed by atoms with E-state index in [2.05, 4.69) is 41.6 Å². The lowest BCUT2D eigenvalue weighted by atomic mass is 10.0. The van der Waals surface area contributed by atoms with E-state index in [0.29, 0.717) is 12.8 Å². The van der Waals surface area contributed by atoms with Crippen molar-refractivity contribution in [2.75, 3.05) is 19.6 Å². The first-order chi connectivity index (χ1) is 26.5. The molecule has 5 amide bonds. The minimum absolute atomic E-state index is 0.0654. The number of nitrogens with zero attached hydrogens (tertiary/aromatic N) is 2. The van der Waals surface area contributed by atoms with Crippen LogP contribution in [0.4, 0.5) is 0 Å². The summed E-state index contributed by atoms with van der Waals surface area (Å²) in [6, 6.07) is 16.3. The predicted octanol–water partition coefficient (Wildman–Crippen LogP) is -0.717. The number of benzene rings is 3. The summed E-state index contributed by atoms with van der Waals surface area (Å²) in [6.45, 7) is -0.142. The number of amides is 5. The van der Waals surface area contributed by atoms with Gasteiger partial charge in [0.05, 0.1) is 6.54 Å². The average molecular weight is 753 g/mol. The Morgan fingerprint density at radius 2 is 1.18 bits per heavy atom. The van der Waals surface area contributed by atoms with Crippen molar-refractivity contribution in [2.45, 2.75) is 62.7 Å². The molecule has 0 radical (unpaired) electrons. The molecule has 290 valence electrons. The topological polar surface area (TPSA) is 290 Å². The molecular weight excluding hydrogens is 704 g/mol. The standard InChI is InChI=1S/C38H48N12O5/c39-37(40)43-15-5-11-28-34(53)48-29(12-6-16-44-38(41)42)35(54)50-30(18-22-13-14-23-7-1-2-8-24(23)17-22)33(52)46-21-32(51)47-31(36(55)49-28)19-25-20-45-27-10-4-3-9-26(25)27/h1-4,7-10,13-14,17,20,28-31,45H,5-6,11-12,15-16,18-19,21H2,(H,46,52)(H,47,51)(H,48,53)(H,49,55)(H,50,54)(H4,39,40,43)(H4,41,42,44)/t28-,29+,30+,31-/m1/s1. The summed E-state index contributed by atoms with van der Waals surface area (Å²) >= 11 is 0. The molecule has 0 aliphatic carbocycles. The number of aliphatic imine (C=N–C) groups is 2. The number of rotatable bonds is 12. The monoisotopic (exact) mass is 752 g/mol. The van der Waals surface area contributed by atoms with Gasteiger partial charge in [-0.1, -0.05) is 60.7 Å². The lowest BCUT2D eigenvalue weighted by Gasteiger charge is -2.26. The minimum Gasteiger partial charge on any atom is -0.370 e. The smallest absolute Gasteiger partial charge is 0.243 e. The van der Waals surface area contributed by atoms with Gasteiger partial charge in [0.25, 0.3) is 0 Å². The number of para-hydroxylation sites is 1. The van der Waals surface area contributed by atoms with E-state index in [9.17, 15) is 24.0 Å². The second kappa shape index (κ2) is 18.9. The Labute approximate surface area is 317 Å². The number of hydrogen-bond acceptors (Lipinski definition) is 7. The van der Waals surface area contributed by atoms with Crippen molar-refractivity contribution in [2.24, 2.45) is 32.9 Å². The highest BCUT2D eigenvalue weighted by Gasteiger charge is 2.32. The van der Waals surface area contributed by atoms with Crippen LogP contribution in [0, 0.1) is 0 Å². The fraction of sp³-hybridized carbons (Fsp3) is 0.342. The van der Waals surface area contributed by atoms with Gasteiger partial charge in [-0.3, -0.25) is 34.0 Å². The lowest BCUT2D eigenvalue weighted by molar-refractivity contribution is -0.134. The Morgan fingerprint density at radius 1 is 0.618 bits per heavy atom. The Balaban J connectivity index is 1.47. The molecule has 17 heteroatoms. The number of aromatic nitrogens is 1. The minimum atomic E-state index is -1.16. The van der Waals surface area contributed by atoms with E-state index < -0.39 is 60.2 Å². The van der Waals surface area contributed by atoms with Crippen LogP contribution in [-0.4, -0.2) is 90.2 Å². The fourth-order valence-corrected chi connectivity index (χ4v) is 6.44. The second-order valence-corrected chi connectivity index (χ2v) is 13.4. The highest BCUT2D eigenvalue weighted by atomic mass is 16.2. The molecule has 1 saturated heterocycles. The van der Waals surface area contributed by atoms with Crippen LogP contribution in [0.2, 0.25) is 0 Å². The van der Waals surface area contributed by atoms with E-state index in [1.54, 1.807) is 6.20 Å². The van der Waals surface area contributed by atoms with Crippen molar-refractivity contribution in [3.05, 3.63) is 84.1 Å². The first-order valence-electron chi connectivity index (χ1n) is 18.1. The van der Waals surface area contributed by atoms with Gasteiger partial charge < -0.3 is 54.5 Å². The third-order valence-electron chi connectivity index (χ3n) is 9.22. The lowest BCUT2D eigenvalue weighted by Crippen LogP contribution is -2.58. The maximum atomic E-state index is 14.0. The van der Waals surface area contributed by atoms with Gasteiger partial charge in [-0.15, -0.1) is 0 Å². The van der Waals surface area contributed by atoms with E-state index in [4.69, 9.17) is 22.9 Å². The quantitative estimate of drug-likeness (QED) is 0.0496. The average Bonchev–Trinajstić information content (AvgIpc) is 3.57. The third-order valence-corrected chi connectivity index (χ3v) is 9.22. The summed E-state index contributed by atoms with van der Waals surface area (Å²) in [7, 11) is 0. The molecule has 3 aromatic carbocycles. The normalized spacial score (nSPS) is 19.9. The number of carbonyl (C=O) groups excluding carboxylic acids is 5. The molecule has 14 N–H and O–H groups in total. The molecule has 1 fully saturated rings. The maximum absolute atomic E-state index is 14.0. The fourth-order valence-electron chi connectivity index (χ4n) is 6.44. The van der Waals surface area contributed by atoms with E-state index in [1.165, 1.54) is 0 Å². The van der Waals surface area contributed by atoms with E-state index in [0.717, 1.165) is 32.8 Å². The molecule has 0 spiro atoms. The summed E-state index contributed by atoms with van der Waals surface area (Å²) in [5.74, 6) is -3.50. The van der Waals surface area contributed by atoms with E-state index in [-0.39, 0.29) is 50.7 Å². The Bertz CT molecular complexity index is 2070. The number of carbonyl (C=O) groups is 5. The molecule has 1 aromatic heterocycles. The molecule has 1 aliphatic rings. The van der Waals surface area contributed by atoms with Gasteiger partial charge in [0.2, 0.25) is 29.5 Å². The van der Waals surface area contributed by atoms with Crippen LogP contribution in [0.15, 0.2) is 82.9 Å². The van der Waals surface area contributed by atoms with Crippen LogP contribution in [0.5, 0.6) is 0 Å². The van der Waals surface area contributed by atoms with Gasteiger partial charge in [-0.2, -0.15) is 0 Å². The highest BCUT2D eigenvalue weighted by Crippen LogP contribution is 2.20. The summed E-state index contributed by atoms with van der Waals surface area (Å²) in [4.78, 5) is 80.3. The summed E-state index contributed by atoms with van der Waals surface area (Å²) < 4.78 is 0. The number of H-pyrrole nitrogens is 1. The van der Waals surface area contributed by atoms with Gasteiger partial charge in [-0.05, 0) is 53.6 Å². The first-order valence-corrected chi connectivity index (χ1v) is 18.1. The molecule has 5 rings (SSSR count). The van der Waals surface area contributed by atoms with Gasteiger partial charge in [-0.25, -0.2) is 0 Å². The molecule has 0 saturated carbocycles. The molecular formula is C38H48N12O5. The second-order valence-electron chi connectivity index (χ2n) is 13.4. The van der Waals surface area contributed by atoms with Crippen LogP contribution in [0.1, 0.15) is 36.8 Å². The first kappa shape index (κ1) is 39.6. The van der Waals surface area contributed by atoms with E-state index >= 15 is 0 Å². The maximum Gasteiger partial charge on any atom is 0.243 e. The zero-order chi connectivity index (χ0) is 39.3. The van der Waals surface area contributed by atoms with E-state index in [1.807, 2.05) is 66.7 Å². The molecule has 1 aliphatic heterocycles.